The van der Waals surface area contributed by atoms with Crippen molar-refractivity contribution in [3.63, 3.8) is 0 Å². The number of aryl methyl sites for hydroxylation is 2. The lowest BCUT2D eigenvalue weighted by Crippen LogP contribution is -2.26. The highest BCUT2D eigenvalue weighted by Gasteiger charge is 2.10. The highest BCUT2D eigenvalue weighted by molar-refractivity contribution is 5.99. The predicted molar refractivity (Wildman–Crippen MR) is 76.0 cm³/mol. The van der Waals surface area contributed by atoms with Crippen LogP contribution in [0.5, 0.6) is 0 Å². The fraction of sp³-hybridized carbons (Fsp3) is 0.308. The van der Waals surface area contributed by atoms with Gasteiger partial charge in [-0.3, -0.25) is 20.7 Å². The monoisotopic (exact) mass is 274 g/mol. The van der Waals surface area contributed by atoms with E-state index in [1.807, 2.05) is 13.1 Å². The molecule has 0 aliphatic heterocycles. The molecule has 0 saturated carbocycles. The molecule has 0 fully saturated rings. The zero-order valence-corrected chi connectivity index (χ0v) is 11.3. The Kier molecular flexibility index (Phi) is 4.67. The highest BCUT2D eigenvalue weighted by atomic mass is 16.1. The van der Waals surface area contributed by atoms with Crippen LogP contribution in [0.25, 0.3) is 0 Å². The van der Waals surface area contributed by atoms with Crippen LogP contribution in [0, 0.1) is 6.92 Å². The normalized spacial score (nSPS) is 10.3. The van der Waals surface area contributed by atoms with E-state index in [9.17, 15) is 4.79 Å². The van der Waals surface area contributed by atoms with Crippen LogP contribution in [-0.4, -0.2) is 27.6 Å². The maximum Gasteiger partial charge on any atom is 0.253 e. The number of hydrogen-bond acceptors (Lipinski definition) is 5. The zero-order valence-electron chi connectivity index (χ0n) is 11.3. The summed E-state index contributed by atoms with van der Waals surface area (Å²) in [5.41, 5.74) is 5.70. The second-order valence-corrected chi connectivity index (χ2v) is 4.45. The highest BCUT2D eigenvalue weighted by Crippen LogP contribution is 2.11. The Morgan fingerprint density at radius 2 is 2.30 bits per heavy atom. The van der Waals surface area contributed by atoms with Crippen molar-refractivity contribution >= 4 is 11.6 Å². The largest absolute Gasteiger partial charge is 0.352 e. The molecule has 2 aromatic heterocycles. The van der Waals surface area contributed by atoms with Crippen molar-refractivity contribution in [1.29, 1.82) is 0 Å². The van der Waals surface area contributed by atoms with Gasteiger partial charge in [0, 0.05) is 18.4 Å². The minimum Gasteiger partial charge on any atom is -0.352 e. The van der Waals surface area contributed by atoms with Crippen LogP contribution < -0.4 is 16.6 Å². The summed E-state index contributed by atoms with van der Waals surface area (Å²) in [6, 6.07) is 1.63. The first-order chi connectivity index (χ1) is 9.72. The van der Waals surface area contributed by atoms with E-state index in [0.717, 1.165) is 18.5 Å². The first-order valence-electron chi connectivity index (χ1n) is 6.40. The molecule has 106 valence electrons. The van der Waals surface area contributed by atoms with Crippen molar-refractivity contribution in [2.24, 2.45) is 5.84 Å². The van der Waals surface area contributed by atoms with Gasteiger partial charge in [-0.15, -0.1) is 0 Å². The number of nitrogen functional groups attached to an aromatic ring is 1. The lowest BCUT2D eigenvalue weighted by molar-refractivity contribution is 0.0954. The topological polar surface area (TPSA) is 109 Å². The Morgan fingerprint density at radius 3 is 3.00 bits per heavy atom. The molecule has 20 heavy (non-hydrogen) atoms. The lowest BCUT2D eigenvalue weighted by Gasteiger charge is -2.08. The number of nitrogens with zero attached hydrogens (tertiary/aromatic N) is 2. The maximum absolute atomic E-state index is 12.0. The van der Waals surface area contributed by atoms with E-state index < -0.39 is 0 Å². The number of H-pyrrole nitrogens is 1. The van der Waals surface area contributed by atoms with Gasteiger partial charge in [-0.05, 0) is 31.4 Å². The Hall–Kier alpha value is -2.41. The van der Waals surface area contributed by atoms with Gasteiger partial charge in [0.1, 0.15) is 0 Å². The first kappa shape index (κ1) is 14.0. The van der Waals surface area contributed by atoms with E-state index in [0.29, 0.717) is 17.8 Å². The molecule has 0 aliphatic carbocycles. The van der Waals surface area contributed by atoms with E-state index in [1.165, 1.54) is 11.8 Å². The Labute approximate surface area is 117 Å². The van der Waals surface area contributed by atoms with E-state index >= 15 is 0 Å². The quantitative estimate of drug-likeness (QED) is 0.353. The number of nitrogens with two attached hydrogens (primary N) is 1. The number of rotatable bonds is 6. The molecular formula is C13H18N6O. The number of nitrogens with one attached hydrogen (secondary N) is 3. The summed E-state index contributed by atoms with van der Waals surface area (Å²) in [6.45, 7) is 2.58. The van der Waals surface area contributed by atoms with Crippen molar-refractivity contribution in [3.8, 4) is 0 Å². The Morgan fingerprint density at radius 1 is 1.45 bits per heavy atom. The van der Waals surface area contributed by atoms with E-state index in [2.05, 4.69) is 25.9 Å². The summed E-state index contributed by atoms with van der Waals surface area (Å²) in [6.07, 6.45) is 6.62. The standard InChI is InChI=1S/C13H18N6O/c1-9-10(7-17-19-9)3-2-5-16-13(20)11-4-6-15-8-12(11)18-14/h4,6-8,18H,2-3,5,14H2,1H3,(H,16,20)(H,17,19). The lowest BCUT2D eigenvalue weighted by atomic mass is 10.1. The van der Waals surface area contributed by atoms with Gasteiger partial charge < -0.3 is 10.7 Å². The van der Waals surface area contributed by atoms with Crippen LogP contribution in [0.4, 0.5) is 5.69 Å². The molecule has 0 aromatic carbocycles. The third-order valence-corrected chi connectivity index (χ3v) is 3.06. The van der Waals surface area contributed by atoms with Gasteiger partial charge in [0.25, 0.3) is 5.91 Å². The average molecular weight is 274 g/mol. The Balaban J connectivity index is 1.82. The molecule has 1 amide bonds. The molecule has 0 bridgehead atoms. The van der Waals surface area contributed by atoms with Gasteiger partial charge in [-0.1, -0.05) is 0 Å². The minimum absolute atomic E-state index is 0.163. The molecule has 2 aromatic rings. The summed E-state index contributed by atoms with van der Waals surface area (Å²) in [4.78, 5) is 15.9. The number of carbonyl (C=O) groups is 1. The van der Waals surface area contributed by atoms with Crippen LogP contribution in [0.15, 0.2) is 24.7 Å². The summed E-state index contributed by atoms with van der Waals surface area (Å²) >= 11 is 0. The SMILES string of the molecule is Cc1[nH]ncc1CCCNC(=O)c1ccncc1NN. The van der Waals surface area contributed by atoms with Crippen LogP contribution >= 0.6 is 0 Å². The summed E-state index contributed by atoms with van der Waals surface area (Å²) in [5.74, 6) is 5.18. The van der Waals surface area contributed by atoms with E-state index in [-0.39, 0.29) is 5.91 Å². The van der Waals surface area contributed by atoms with Gasteiger partial charge >= 0.3 is 0 Å². The van der Waals surface area contributed by atoms with Crippen LogP contribution in [0.3, 0.4) is 0 Å². The molecule has 0 unspecified atom stereocenters. The van der Waals surface area contributed by atoms with Crippen molar-refractivity contribution in [3.05, 3.63) is 41.5 Å². The fourth-order valence-electron chi connectivity index (χ4n) is 1.91. The third-order valence-electron chi connectivity index (χ3n) is 3.06. The summed E-state index contributed by atoms with van der Waals surface area (Å²) in [5, 5.41) is 9.72. The Bertz CT molecular complexity index is 580. The maximum atomic E-state index is 12.0. The number of hydrogen-bond donors (Lipinski definition) is 4. The first-order valence-corrected chi connectivity index (χ1v) is 6.40. The summed E-state index contributed by atoms with van der Waals surface area (Å²) in [7, 11) is 0. The molecule has 0 saturated heterocycles. The molecule has 7 nitrogen and oxygen atoms in total. The molecular weight excluding hydrogens is 256 g/mol. The molecule has 2 rings (SSSR count). The van der Waals surface area contributed by atoms with Crippen LogP contribution in [0.1, 0.15) is 28.0 Å². The van der Waals surface area contributed by atoms with Gasteiger partial charge in [0.2, 0.25) is 0 Å². The molecule has 0 spiro atoms. The predicted octanol–water partition coefficient (Wildman–Crippen LogP) is 0.761. The number of amides is 1. The number of aromatic amines is 1. The average Bonchev–Trinajstić information content (AvgIpc) is 2.88. The summed E-state index contributed by atoms with van der Waals surface area (Å²) < 4.78 is 0. The van der Waals surface area contributed by atoms with Crippen molar-refractivity contribution in [1.82, 2.24) is 20.5 Å². The molecule has 0 radical (unpaired) electrons. The van der Waals surface area contributed by atoms with Crippen molar-refractivity contribution in [2.75, 3.05) is 12.0 Å². The van der Waals surface area contributed by atoms with Crippen molar-refractivity contribution < 1.29 is 4.79 Å². The minimum atomic E-state index is -0.163. The molecule has 0 aliphatic rings. The van der Waals surface area contributed by atoms with Gasteiger partial charge in [0.05, 0.1) is 23.6 Å². The second-order valence-electron chi connectivity index (χ2n) is 4.45. The van der Waals surface area contributed by atoms with Crippen LogP contribution in [-0.2, 0) is 6.42 Å². The van der Waals surface area contributed by atoms with E-state index in [1.54, 1.807) is 12.3 Å². The van der Waals surface area contributed by atoms with Crippen molar-refractivity contribution in [2.45, 2.75) is 19.8 Å². The van der Waals surface area contributed by atoms with E-state index in [4.69, 9.17) is 5.84 Å². The zero-order chi connectivity index (χ0) is 14.4. The molecule has 0 atom stereocenters. The van der Waals surface area contributed by atoms with Gasteiger partial charge in [-0.25, -0.2) is 0 Å². The number of hydrazine groups is 1. The second kappa shape index (κ2) is 6.67. The van der Waals surface area contributed by atoms with Crippen LogP contribution in [0.2, 0.25) is 0 Å². The number of anilines is 1. The van der Waals surface area contributed by atoms with Gasteiger partial charge in [0.15, 0.2) is 0 Å². The molecule has 2 heterocycles. The third kappa shape index (κ3) is 3.33. The molecule has 7 heteroatoms. The van der Waals surface area contributed by atoms with Gasteiger partial charge in [-0.2, -0.15) is 5.10 Å². The smallest absolute Gasteiger partial charge is 0.253 e. The number of carbonyl (C=O) groups excluding carboxylic acids is 1. The molecule has 5 N–H and O–H groups in total. The fourth-order valence-corrected chi connectivity index (χ4v) is 1.91. The number of pyridine rings is 1. The number of aromatic nitrogens is 3.